The van der Waals surface area contributed by atoms with E-state index in [2.05, 4.69) is 49.6 Å². The van der Waals surface area contributed by atoms with Crippen molar-refractivity contribution >= 4 is 23.5 Å². The molecule has 1 aromatic rings. The highest BCUT2D eigenvalue weighted by molar-refractivity contribution is 8.03. The number of hydrogen-bond acceptors (Lipinski definition) is 5. The molecule has 2 aliphatic heterocycles. The van der Waals surface area contributed by atoms with Crippen molar-refractivity contribution in [1.82, 2.24) is 19.9 Å². The Morgan fingerprint density at radius 1 is 1.05 bits per heavy atom. The summed E-state index contributed by atoms with van der Waals surface area (Å²) in [5, 5.41) is 8.68. The van der Waals surface area contributed by atoms with E-state index in [1.54, 1.807) is 0 Å². The van der Waals surface area contributed by atoms with Crippen LogP contribution in [-0.4, -0.2) is 62.0 Å². The van der Waals surface area contributed by atoms with Gasteiger partial charge in [-0.25, -0.2) is 0 Å². The number of rotatable bonds is 4. The van der Waals surface area contributed by atoms with E-state index in [0.717, 1.165) is 24.4 Å². The lowest BCUT2D eigenvalue weighted by atomic mass is 9.96. The number of thioether (sulfide) groups is 2. The third kappa shape index (κ3) is 3.82. The molecule has 0 spiro atoms. The van der Waals surface area contributed by atoms with Crippen molar-refractivity contribution in [3.8, 4) is 0 Å². The van der Waals surface area contributed by atoms with Gasteiger partial charge in [-0.15, -0.1) is 5.10 Å². The van der Waals surface area contributed by atoms with Crippen molar-refractivity contribution in [2.24, 2.45) is 5.92 Å². The first-order valence-corrected chi connectivity index (χ1v) is 11.0. The first kappa shape index (κ1) is 15.3. The second-order valence-corrected chi connectivity index (χ2v) is 9.22. The Morgan fingerprint density at radius 2 is 1.77 bits per heavy atom. The van der Waals surface area contributed by atoms with Gasteiger partial charge in [-0.1, -0.05) is 5.21 Å². The van der Waals surface area contributed by atoms with Crippen molar-refractivity contribution in [1.29, 1.82) is 0 Å². The van der Waals surface area contributed by atoms with E-state index in [1.165, 1.54) is 67.5 Å². The molecule has 0 N–H and O–H groups in total. The van der Waals surface area contributed by atoms with Crippen LogP contribution in [0.4, 0.5) is 0 Å². The minimum Gasteiger partial charge on any atom is -0.299 e. The molecule has 3 aliphatic rings. The molecule has 22 heavy (non-hydrogen) atoms. The molecule has 0 bridgehead atoms. The smallest absolute Gasteiger partial charge is 0.0857 e. The van der Waals surface area contributed by atoms with E-state index in [-0.39, 0.29) is 0 Å². The average molecular weight is 339 g/mol. The van der Waals surface area contributed by atoms with Crippen LogP contribution >= 0.6 is 23.5 Å². The van der Waals surface area contributed by atoms with Crippen LogP contribution in [0.3, 0.4) is 0 Å². The first-order chi connectivity index (χ1) is 10.9. The van der Waals surface area contributed by atoms with E-state index in [9.17, 15) is 0 Å². The van der Waals surface area contributed by atoms with Gasteiger partial charge in [-0.05, 0) is 44.7 Å². The molecule has 0 atom stereocenters. The monoisotopic (exact) mass is 338 g/mol. The molecule has 3 heterocycles. The highest BCUT2D eigenvalue weighted by Crippen LogP contribution is 2.38. The fourth-order valence-electron chi connectivity index (χ4n) is 3.55. The van der Waals surface area contributed by atoms with E-state index in [4.69, 9.17) is 0 Å². The summed E-state index contributed by atoms with van der Waals surface area (Å²) in [6.45, 7) is 3.63. The van der Waals surface area contributed by atoms with Gasteiger partial charge in [-0.2, -0.15) is 23.5 Å². The van der Waals surface area contributed by atoms with E-state index >= 15 is 0 Å². The second-order valence-electron chi connectivity index (χ2n) is 6.92. The summed E-state index contributed by atoms with van der Waals surface area (Å²) in [5.74, 6) is 6.87. The molecule has 1 aliphatic carbocycles. The Labute approximate surface area is 141 Å². The van der Waals surface area contributed by atoms with Gasteiger partial charge in [0.2, 0.25) is 0 Å². The molecule has 1 aromatic heterocycles. The molecule has 0 aromatic carbocycles. The zero-order valence-corrected chi connectivity index (χ0v) is 14.8. The van der Waals surface area contributed by atoms with Crippen molar-refractivity contribution in [3.63, 3.8) is 0 Å². The molecule has 4 nitrogen and oxygen atoms in total. The molecule has 2 saturated heterocycles. The first-order valence-electron chi connectivity index (χ1n) is 8.68. The zero-order valence-electron chi connectivity index (χ0n) is 13.2. The van der Waals surface area contributed by atoms with Gasteiger partial charge in [0.25, 0.3) is 0 Å². The third-order valence-corrected chi connectivity index (χ3v) is 7.64. The van der Waals surface area contributed by atoms with Crippen LogP contribution in [0, 0.1) is 5.92 Å². The fourth-order valence-corrected chi connectivity index (χ4v) is 6.18. The minimum absolute atomic E-state index is 0.723. The molecule has 0 amide bonds. The third-order valence-electron chi connectivity index (χ3n) is 5.16. The van der Waals surface area contributed by atoms with Crippen molar-refractivity contribution < 1.29 is 0 Å². The number of aromatic nitrogens is 3. The minimum atomic E-state index is 0.723. The lowest BCUT2D eigenvalue weighted by Crippen LogP contribution is -2.44. The van der Waals surface area contributed by atoms with Gasteiger partial charge in [-0.3, -0.25) is 9.58 Å². The second kappa shape index (κ2) is 7.14. The Bertz CT molecular complexity index is 472. The van der Waals surface area contributed by atoms with Crippen LogP contribution in [0.5, 0.6) is 0 Å². The standard InChI is InChI=1S/C16H26N4S2/c1-2-14(1)16-10-20(18-17-16)9-13-3-5-19(6-4-13)15-11-21-7-8-22-12-15/h10,13-15H,1-9,11-12H2. The van der Waals surface area contributed by atoms with Crippen LogP contribution < -0.4 is 0 Å². The molecule has 4 rings (SSSR count). The zero-order chi connectivity index (χ0) is 14.8. The van der Waals surface area contributed by atoms with Gasteiger partial charge in [0, 0.05) is 47.7 Å². The lowest BCUT2D eigenvalue weighted by molar-refractivity contribution is 0.143. The lowest BCUT2D eigenvalue weighted by Gasteiger charge is -2.36. The predicted molar refractivity (Wildman–Crippen MR) is 94.7 cm³/mol. The van der Waals surface area contributed by atoms with Crippen LogP contribution in [-0.2, 0) is 6.54 Å². The molecule has 1 saturated carbocycles. The summed E-state index contributed by atoms with van der Waals surface area (Å²) in [6, 6.07) is 0.811. The maximum atomic E-state index is 4.34. The summed E-state index contributed by atoms with van der Waals surface area (Å²) < 4.78 is 2.10. The summed E-state index contributed by atoms with van der Waals surface area (Å²) in [6.07, 6.45) is 7.47. The van der Waals surface area contributed by atoms with Gasteiger partial charge >= 0.3 is 0 Å². The Kier molecular flexibility index (Phi) is 4.98. The highest BCUT2D eigenvalue weighted by atomic mass is 32.2. The van der Waals surface area contributed by atoms with E-state index < -0.39 is 0 Å². The topological polar surface area (TPSA) is 34.0 Å². The maximum Gasteiger partial charge on any atom is 0.0857 e. The van der Waals surface area contributed by atoms with Crippen LogP contribution in [0.1, 0.15) is 37.3 Å². The summed E-state index contributed by atoms with van der Waals surface area (Å²) >= 11 is 4.29. The van der Waals surface area contributed by atoms with Gasteiger partial charge in [0.1, 0.15) is 0 Å². The van der Waals surface area contributed by atoms with Gasteiger partial charge < -0.3 is 0 Å². The number of piperidine rings is 1. The van der Waals surface area contributed by atoms with Crippen molar-refractivity contribution in [2.45, 2.75) is 44.2 Å². The molecule has 0 radical (unpaired) electrons. The van der Waals surface area contributed by atoms with E-state index in [1.807, 2.05) is 0 Å². The summed E-state index contributed by atoms with van der Waals surface area (Å²) in [4.78, 5) is 2.75. The summed E-state index contributed by atoms with van der Waals surface area (Å²) in [5.41, 5.74) is 1.23. The molecular formula is C16H26N4S2. The Hall–Kier alpha value is -0.200. The molecule has 6 heteroatoms. The van der Waals surface area contributed by atoms with Crippen LogP contribution in [0.15, 0.2) is 6.20 Å². The van der Waals surface area contributed by atoms with Crippen LogP contribution in [0.25, 0.3) is 0 Å². The van der Waals surface area contributed by atoms with Gasteiger partial charge in [0.05, 0.1) is 5.69 Å². The summed E-state index contributed by atoms with van der Waals surface area (Å²) in [7, 11) is 0. The fraction of sp³-hybridized carbons (Fsp3) is 0.875. The normalized spacial score (nSPS) is 26.2. The molecule has 122 valence electrons. The highest BCUT2D eigenvalue weighted by Gasteiger charge is 2.28. The molecule has 0 unspecified atom stereocenters. The molecular weight excluding hydrogens is 312 g/mol. The largest absolute Gasteiger partial charge is 0.299 e. The molecule has 3 fully saturated rings. The van der Waals surface area contributed by atoms with Gasteiger partial charge in [0.15, 0.2) is 0 Å². The van der Waals surface area contributed by atoms with Crippen molar-refractivity contribution in [2.75, 3.05) is 36.1 Å². The number of nitrogens with zero attached hydrogens (tertiary/aromatic N) is 4. The SMILES string of the molecule is c1c(C2CC2)nnn1CC1CCN(C2CSCCSC2)CC1. The number of likely N-dealkylation sites (tertiary alicyclic amines) is 1. The quantitative estimate of drug-likeness (QED) is 0.843. The van der Waals surface area contributed by atoms with Crippen molar-refractivity contribution in [3.05, 3.63) is 11.9 Å². The average Bonchev–Trinajstić information content (AvgIpc) is 3.34. The Morgan fingerprint density at radius 3 is 2.45 bits per heavy atom. The van der Waals surface area contributed by atoms with Crippen LogP contribution in [0.2, 0.25) is 0 Å². The number of hydrogen-bond donors (Lipinski definition) is 0. The Balaban J connectivity index is 1.25. The predicted octanol–water partition coefficient (Wildman–Crippen LogP) is 2.72. The van der Waals surface area contributed by atoms with E-state index in [0.29, 0.717) is 0 Å². The maximum absolute atomic E-state index is 4.34.